The van der Waals surface area contributed by atoms with E-state index in [0.717, 1.165) is 30.6 Å². The van der Waals surface area contributed by atoms with Crippen LogP contribution in [0, 0.1) is 6.92 Å². The number of aryl methyl sites for hydroxylation is 1. The highest BCUT2D eigenvalue weighted by atomic mass is 16.5. The zero-order valence-electron chi connectivity index (χ0n) is 12.8. The molecule has 1 atom stereocenters. The van der Waals surface area contributed by atoms with Gasteiger partial charge in [0.25, 0.3) is 5.89 Å². The van der Waals surface area contributed by atoms with Crippen LogP contribution in [-0.4, -0.2) is 37.8 Å². The lowest BCUT2D eigenvalue weighted by atomic mass is 10.1. The van der Waals surface area contributed by atoms with Crippen LogP contribution in [0.4, 0.5) is 0 Å². The van der Waals surface area contributed by atoms with Gasteiger partial charge in [0.2, 0.25) is 5.82 Å². The highest BCUT2D eigenvalue weighted by Crippen LogP contribution is 2.23. The van der Waals surface area contributed by atoms with Gasteiger partial charge in [0.1, 0.15) is 0 Å². The van der Waals surface area contributed by atoms with Crippen molar-refractivity contribution in [2.24, 2.45) is 0 Å². The maximum Gasteiger partial charge on any atom is 0.280 e. The molecule has 7 nitrogen and oxygen atoms in total. The lowest BCUT2D eigenvalue weighted by molar-refractivity contribution is 0.0935. The van der Waals surface area contributed by atoms with Crippen molar-refractivity contribution in [2.45, 2.75) is 32.4 Å². The van der Waals surface area contributed by atoms with Crippen LogP contribution in [0.1, 0.15) is 18.4 Å². The maximum atomic E-state index is 5.61. The van der Waals surface area contributed by atoms with Gasteiger partial charge in [0, 0.05) is 12.2 Å². The molecule has 1 aliphatic heterocycles. The number of hydrogen-bond donors (Lipinski definition) is 0. The molecular weight excluding hydrogens is 294 g/mol. The molecular formula is C16H17N5O2. The van der Waals surface area contributed by atoms with Crippen LogP contribution < -0.4 is 0 Å². The van der Waals surface area contributed by atoms with Gasteiger partial charge in [0.15, 0.2) is 5.69 Å². The Morgan fingerprint density at radius 2 is 2.22 bits per heavy atom. The molecule has 1 saturated heterocycles. The van der Waals surface area contributed by atoms with E-state index in [9.17, 15) is 0 Å². The van der Waals surface area contributed by atoms with Crippen molar-refractivity contribution in [3.05, 3.63) is 36.0 Å². The normalized spacial score (nSPS) is 17.7. The first-order chi connectivity index (χ1) is 11.3. The van der Waals surface area contributed by atoms with Crippen LogP contribution in [0.25, 0.3) is 23.0 Å². The van der Waals surface area contributed by atoms with Gasteiger partial charge in [-0.05, 0) is 25.3 Å². The van der Waals surface area contributed by atoms with E-state index in [0.29, 0.717) is 24.0 Å². The molecule has 0 N–H and O–H groups in total. The van der Waals surface area contributed by atoms with Crippen LogP contribution in [0.3, 0.4) is 0 Å². The van der Waals surface area contributed by atoms with Crippen LogP contribution in [0.2, 0.25) is 0 Å². The van der Waals surface area contributed by atoms with E-state index in [1.807, 2.05) is 37.4 Å². The number of nitrogens with zero attached hydrogens (tertiary/aromatic N) is 5. The van der Waals surface area contributed by atoms with Gasteiger partial charge in [-0.1, -0.05) is 34.6 Å². The minimum absolute atomic E-state index is 0.217. The summed E-state index contributed by atoms with van der Waals surface area (Å²) in [7, 11) is 0. The molecule has 0 aliphatic carbocycles. The van der Waals surface area contributed by atoms with Gasteiger partial charge in [-0.3, -0.25) is 0 Å². The molecule has 7 heteroatoms. The summed E-state index contributed by atoms with van der Waals surface area (Å²) < 4.78 is 12.7. The molecule has 1 fully saturated rings. The predicted octanol–water partition coefficient (Wildman–Crippen LogP) is 2.48. The average Bonchev–Trinajstić information content (AvgIpc) is 3.29. The fraction of sp³-hybridized carbons (Fsp3) is 0.375. The van der Waals surface area contributed by atoms with E-state index in [1.54, 1.807) is 4.68 Å². The van der Waals surface area contributed by atoms with Gasteiger partial charge < -0.3 is 9.26 Å². The lowest BCUT2D eigenvalue weighted by Crippen LogP contribution is -2.15. The van der Waals surface area contributed by atoms with E-state index in [4.69, 9.17) is 9.26 Å². The van der Waals surface area contributed by atoms with Crippen LogP contribution in [0.15, 0.2) is 35.0 Å². The second kappa shape index (κ2) is 5.92. The van der Waals surface area contributed by atoms with E-state index in [2.05, 4.69) is 20.5 Å². The summed E-state index contributed by atoms with van der Waals surface area (Å²) in [4.78, 5) is 4.43. The van der Waals surface area contributed by atoms with Crippen LogP contribution in [0.5, 0.6) is 0 Å². The molecule has 0 spiro atoms. The van der Waals surface area contributed by atoms with Crippen molar-refractivity contribution < 1.29 is 9.26 Å². The Morgan fingerprint density at radius 1 is 1.30 bits per heavy atom. The summed E-state index contributed by atoms with van der Waals surface area (Å²) in [6.45, 7) is 3.55. The molecule has 3 heterocycles. The minimum Gasteiger partial charge on any atom is -0.376 e. The largest absolute Gasteiger partial charge is 0.376 e. The summed E-state index contributed by atoms with van der Waals surface area (Å²) in [6.07, 6.45) is 4.20. The van der Waals surface area contributed by atoms with Crippen molar-refractivity contribution in [2.75, 3.05) is 6.61 Å². The van der Waals surface area contributed by atoms with Crippen molar-refractivity contribution in [1.82, 2.24) is 25.1 Å². The topological polar surface area (TPSA) is 78.9 Å². The Morgan fingerprint density at radius 3 is 3.04 bits per heavy atom. The third-order valence-corrected chi connectivity index (χ3v) is 3.98. The van der Waals surface area contributed by atoms with Gasteiger partial charge in [-0.15, -0.1) is 5.10 Å². The fourth-order valence-electron chi connectivity index (χ4n) is 2.74. The predicted molar refractivity (Wildman–Crippen MR) is 82.5 cm³/mol. The van der Waals surface area contributed by atoms with Crippen LogP contribution >= 0.6 is 0 Å². The molecule has 1 aliphatic rings. The van der Waals surface area contributed by atoms with E-state index >= 15 is 0 Å². The molecule has 2 aromatic heterocycles. The van der Waals surface area contributed by atoms with Crippen molar-refractivity contribution in [3.8, 4) is 23.0 Å². The third kappa shape index (κ3) is 2.87. The van der Waals surface area contributed by atoms with Crippen molar-refractivity contribution >= 4 is 0 Å². The first kappa shape index (κ1) is 14.1. The zero-order chi connectivity index (χ0) is 15.6. The summed E-state index contributed by atoms with van der Waals surface area (Å²) in [5, 5.41) is 12.3. The third-order valence-electron chi connectivity index (χ3n) is 3.98. The molecule has 0 amide bonds. The second-order valence-electron chi connectivity index (χ2n) is 5.70. The SMILES string of the molecule is Cc1ccccc1-c1noc(-c2cn(C[C@H]3CCCO3)nn2)n1. The highest BCUT2D eigenvalue weighted by Gasteiger charge is 2.19. The summed E-state index contributed by atoms with van der Waals surface area (Å²) in [5.41, 5.74) is 2.63. The van der Waals surface area contributed by atoms with Crippen molar-refractivity contribution in [3.63, 3.8) is 0 Å². The lowest BCUT2D eigenvalue weighted by Gasteiger charge is -2.07. The molecule has 0 radical (unpaired) electrons. The van der Waals surface area contributed by atoms with E-state index in [-0.39, 0.29) is 6.10 Å². The van der Waals surface area contributed by atoms with Crippen molar-refractivity contribution in [1.29, 1.82) is 0 Å². The molecule has 23 heavy (non-hydrogen) atoms. The van der Waals surface area contributed by atoms with E-state index < -0.39 is 0 Å². The summed E-state index contributed by atoms with van der Waals surface area (Å²) in [5.74, 6) is 0.939. The smallest absolute Gasteiger partial charge is 0.280 e. The Hall–Kier alpha value is -2.54. The molecule has 0 bridgehead atoms. The van der Waals surface area contributed by atoms with Gasteiger partial charge >= 0.3 is 0 Å². The first-order valence-corrected chi connectivity index (χ1v) is 7.71. The summed E-state index contributed by atoms with van der Waals surface area (Å²) in [6, 6.07) is 7.92. The molecule has 0 saturated carbocycles. The fourth-order valence-corrected chi connectivity index (χ4v) is 2.74. The zero-order valence-corrected chi connectivity index (χ0v) is 12.8. The quantitative estimate of drug-likeness (QED) is 0.736. The molecule has 0 unspecified atom stereocenters. The molecule has 3 aromatic rings. The van der Waals surface area contributed by atoms with Gasteiger partial charge in [-0.25, -0.2) is 4.68 Å². The Bertz CT molecular complexity index is 804. The Labute approximate surface area is 133 Å². The summed E-state index contributed by atoms with van der Waals surface area (Å²) >= 11 is 0. The second-order valence-corrected chi connectivity index (χ2v) is 5.70. The number of benzene rings is 1. The Kier molecular flexibility index (Phi) is 3.63. The number of hydrogen-bond acceptors (Lipinski definition) is 6. The van der Waals surface area contributed by atoms with Gasteiger partial charge in [0.05, 0.1) is 18.8 Å². The monoisotopic (exact) mass is 311 g/mol. The highest BCUT2D eigenvalue weighted by molar-refractivity contribution is 5.61. The Balaban J connectivity index is 1.55. The number of ether oxygens (including phenoxy) is 1. The molecule has 1 aromatic carbocycles. The first-order valence-electron chi connectivity index (χ1n) is 7.71. The maximum absolute atomic E-state index is 5.61. The van der Waals surface area contributed by atoms with Gasteiger partial charge in [-0.2, -0.15) is 4.98 Å². The number of rotatable bonds is 4. The standard InChI is InChI=1S/C16H17N5O2/c1-11-5-2-3-7-13(11)15-17-16(23-19-15)14-10-21(20-18-14)9-12-6-4-8-22-12/h2-3,5,7,10,12H,4,6,8-9H2,1H3/t12-/m1/s1. The molecule has 4 rings (SSSR count). The van der Waals surface area contributed by atoms with E-state index in [1.165, 1.54) is 0 Å². The van der Waals surface area contributed by atoms with Crippen LogP contribution in [-0.2, 0) is 11.3 Å². The minimum atomic E-state index is 0.217. The average molecular weight is 311 g/mol. The number of aromatic nitrogens is 5. The molecule has 118 valence electrons.